The average molecular weight is 395 g/mol. The first-order chi connectivity index (χ1) is 12.7. The second-order valence-corrected chi connectivity index (χ2v) is 7.91. The van der Waals surface area contributed by atoms with E-state index in [2.05, 4.69) is 0 Å². The van der Waals surface area contributed by atoms with Crippen LogP contribution in [0.5, 0.6) is 0 Å². The fourth-order valence-electron chi connectivity index (χ4n) is 2.63. The summed E-state index contributed by atoms with van der Waals surface area (Å²) in [6.07, 6.45) is 1.61. The van der Waals surface area contributed by atoms with Crippen LogP contribution in [0.25, 0.3) is 0 Å². The smallest absolute Gasteiger partial charge is 0.233 e. The lowest BCUT2D eigenvalue weighted by molar-refractivity contribution is -0.132. The molecule has 6 nitrogen and oxygen atoms in total. The molecule has 2 amide bonds. The van der Waals surface area contributed by atoms with Gasteiger partial charge in [0.25, 0.3) is 0 Å². The lowest BCUT2D eigenvalue weighted by atomic mass is 10.3. The maximum absolute atomic E-state index is 12.7. The first-order valence-corrected chi connectivity index (χ1v) is 10.5. The van der Waals surface area contributed by atoms with Crippen LogP contribution in [-0.2, 0) is 27.4 Å². The third-order valence-electron chi connectivity index (χ3n) is 4.02. The second kappa shape index (κ2) is 9.80. The predicted molar refractivity (Wildman–Crippen MR) is 102 cm³/mol. The minimum atomic E-state index is 0.00887. The lowest BCUT2D eigenvalue weighted by Crippen LogP contribution is -2.41. The van der Waals surface area contributed by atoms with E-state index in [9.17, 15) is 9.59 Å². The normalized spacial score (nSPS) is 14.4. The van der Waals surface area contributed by atoms with Crippen molar-refractivity contribution >= 4 is 34.9 Å². The Balaban J connectivity index is 1.50. The van der Waals surface area contributed by atoms with Gasteiger partial charge in [0.15, 0.2) is 0 Å². The first kappa shape index (κ1) is 19.0. The van der Waals surface area contributed by atoms with Crippen LogP contribution < -0.4 is 0 Å². The molecule has 0 radical (unpaired) electrons. The second-order valence-electron chi connectivity index (χ2n) is 5.89. The number of furan rings is 1. The highest BCUT2D eigenvalue weighted by Crippen LogP contribution is 2.16. The van der Waals surface area contributed by atoms with E-state index in [1.54, 1.807) is 27.4 Å². The van der Waals surface area contributed by atoms with Gasteiger partial charge in [-0.2, -0.15) is 0 Å². The van der Waals surface area contributed by atoms with Crippen molar-refractivity contribution in [1.29, 1.82) is 0 Å². The van der Waals surface area contributed by atoms with Crippen LogP contribution in [0.15, 0.2) is 40.3 Å². The number of thiophene rings is 1. The molecule has 140 valence electrons. The highest BCUT2D eigenvalue weighted by molar-refractivity contribution is 8.00. The summed E-state index contributed by atoms with van der Waals surface area (Å²) in [5.41, 5.74) is 0. The molecular formula is C18H22N2O4S2. The number of rotatable bonds is 8. The molecular weight excluding hydrogens is 372 g/mol. The summed E-state index contributed by atoms with van der Waals surface area (Å²) in [6, 6.07) is 7.68. The zero-order valence-corrected chi connectivity index (χ0v) is 16.1. The Hall–Kier alpha value is -1.77. The monoisotopic (exact) mass is 394 g/mol. The summed E-state index contributed by atoms with van der Waals surface area (Å²) >= 11 is 2.99. The third-order valence-corrected chi connectivity index (χ3v) is 5.78. The van der Waals surface area contributed by atoms with E-state index >= 15 is 0 Å². The van der Waals surface area contributed by atoms with Crippen molar-refractivity contribution in [3.63, 3.8) is 0 Å². The summed E-state index contributed by atoms with van der Waals surface area (Å²) in [5.74, 6) is 1.43. The molecule has 0 N–H and O–H groups in total. The predicted octanol–water partition coefficient (Wildman–Crippen LogP) is 2.46. The van der Waals surface area contributed by atoms with Crippen molar-refractivity contribution in [2.24, 2.45) is 0 Å². The highest BCUT2D eigenvalue weighted by atomic mass is 32.2. The third kappa shape index (κ3) is 5.62. The van der Waals surface area contributed by atoms with E-state index in [1.165, 1.54) is 11.8 Å². The molecule has 1 aliphatic rings. The van der Waals surface area contributed by atoms with Gasteiger partial charge < -0.3 is 19.0 Å². The van der Waals surface area contributed by atoms with Crippen molar-refractivity contribution in [2.45, 2.75) is 13.1 Å². The van der Waals surface area contributed by atoms with E-state index in [0.717, 1.165) is 10.6 Å². The molecule has 2 aromatic heterocycles. The van der Waals surface area contributed by atoms with Crippen LogP contribution in [0.2, 0.25) is 0 Å². The number of hydrogen-bond acceptors (Lipinski definition) is 6. The molecule has 8 heteroatoms. The molecule has 1 aliphatic heterocycles. The minimum Gasteiger partial charge on any atom is -0.467 e. The molecule has 26 heavy (non-hydrogen) atoms. The number of ether oxygens (including phenoxy) is 1. The van der Waals surface area contributed by atoms with Crippen LogP contribution in [0.1, 0.15) is 10.6 Å². The van der Waals surface area contributed by atoms with Crippen molar-refractivity contribution in [1.82, 2.24) is 9.80 Å². The Bertz CT molecular complexity index is 646. The average Bonchev–Trinajstić information content (AvgIpc) is 3.36. The zero-order chi connectivity index (χ0) is 18.2. The van der Waals surface area contributed by atoms with Crippen molar-refractivity contribution in [2.75, 3.05) is 37.8 Å². The minimum absolute atomic E-state index is 0.00887. The van der Waals surface area contributed by atoms with Crippen molar-refractivity contribution < 1.29 is 18.7 Å². The molecule has 3 heterocycles. The number of amides is 2. The summed E-state index contributed by atoms with van der Waals surface area (Å²) in [5, 5.41) is 2.00. The van der Waals surface area contributed by atoms with Gasteiger partial charge in [0.1, 0.15) is 5.76 Å². The number of morpholine rings is 1. The quantitative estimate of drug-likeness (QED) is 0.688. The molecule has 0 spiro atoms. The van der Waals surface area contributed by atoms with Gasteiger partial charge in [0.05, 0.1) is 44.1 Å². The van der Waals surface area contributed by atoms with E-state index in [1.807, 2.05) is 29.6 Å². The van der Waals surface area contributed by atoms with E-state index in [4.69, 9.17) is 9.15 Å². The van der Waals surface area contributed by atoms with Crippen LogP contribution in [0.3, 0.4) is 0 Å². The molecule has 0 aliphatic carbocycles. The molecule has 0 aromatic carbocycles. The highest BCUT2D eigenvalue weighted by Gasteiger charge is 2.19. The fraction of sp³-hybridized carbons (Fsp3) is 0.444. The Morgan fingerprint density at radius 1 is 1.15 bits per heavy atom. The Morgan fingerprint density at radius 3 is 2.69 bits per heavy atom. The van der Waals surface area contributed by atoms with Gasteiger partial charge in [0.2, 0.25) is 11.8 Å². The number of carbonyl (C=O) groups excluding carboxylic acids is 2. The topological polar surface area (TPSA) is 63.0 Å². The SMILES string of the molecule is O=C(CSCC(=O)N(Cc1ccco1)Cc1cccs1)N1CCOCC1. The number of nitrogens with zero attached hydrogens (tertiary/aromatic N) is 2. The van der Waals surface area contributed by atoms with E-state index in [0.29, 0.717) is 45.1 Å². The molecule has 1 saturated heterocycles. The van der Waals surface area contributed by atoms with Crippen LogP contribution in [0, 0.1) is 0 Å². The van der Waals surface area contributed by atoms with Gasteiger partial charge >= 0.3 is 0 Å². The largest absolute Gasteiger partial charge is 0.467 e. The van der Waals surface area contributed by atoms with E-state index in [-0.39, 0.29) is 17.6 Å². The summed E-state index contributed by atoms with van der Waals surface area (Å²) in [7, 11) is 0. The van der Waals surface area contributed by atoms with Crippen molar-refractivity contribution in [3.8, 4) is 0 Å². The Labute approximate surface area is 161 Å². The van der Waals surface area contributed by atoms with Crippen LogP contribution in [0.4, 0.5) is 0 Å². The maximum Gasteiger partial charge on any atom is 0.233 e. The van der Waals surface area contributed by atoms with Gasteiger partial charge in [-0.05, 0) is 23.6 Å². The zero-order valence-electron chi connectivity index (χ0n) is 14.5. The number of thioether (sulfide) groups is 1. The van der Waals surface area contributed by atoms with Crippen molar-refractivity contribution in [3.05, 3.63) is 46.5 Å². The molecule has 0 saturated carbocycles. The standard InChI is InChI=1S/C18H22N2O4S2/c21-17(19-5-8-23-9-6-19)13-25-14-18(22)20(11-15-3-1-7-24-15)12-16-4-2-10-26-16/h1-4,7,10H,5-6,8-9,11-14H2. The van der Waals surface area contributed by atoms with Gasteiger partial charge in [-0.3, -0.25) is 9.59 Å². The van der Waals surface area contributed by atoms with E-state index < -0.39 is 0 Å². The lowest BCUT2D eigenvalue weighted by Gasteiger charge is -2.27. The van der Waals surface area contributed by atoms with Crippen LogP contribution >= 0.6 is 23.1 Å². The maximum atomic E-state index is 12.7. The molecule has 0 atom stereocenters. The summed E-state index contributed by atoms with van der Waals surface area (Å²) in [4.78, 5) is 29.5. The Kier molecular flexibility index (Phi) is 7.16. The van der Waals surface area contributed by atoms with Gasteiger partial charge in [-0.25, -0.2) is 0 Å². The van der Waals surface area contributed by atoms with Gasteiger partial charge in [-0.1, -0.05) is 6.07 Å². The molecule has 2 aromatic rings. The molecule has 3 rings (SSSR count). The van der Waals surface area contributed by atoms with Gasteiger partial charge in [0, 0.05) is 18.0 Å². The summed E-state index contributed by atoms with van der Waals surface area (Å²) in [6.45, 7) is 3.43. The number of hydrogen-bond donors (Lipinski definition) is 0. The molecule has 0 bridgehead atoms. The first-order valence-electron chi connectivity index (χ1n) is 8.48. The molecule has 1 fully saturated rings. The van der Waals surface area contributed by atoms with Crippen LogP contribution in [-0.4, -0.2) is 59.4 Å². The summed E-state index contributed by atoms with van der Waals surface area (Å²) < 4.78 is 10.6. The molecule has 0 unspecified atom stereocenters. The number of carbonyl (C=O) groups is 2. The van der Waals surface area contributed by atoms with Gasteiger partial charge in [-0.15, -0.1) is 23.1 Å². The Morgan fingerprint density at radius 2 is 2.00 bits per heavy atom. The fourth-order valence-corrected chi connectivity index (χ4v) is 4.17.